The lowest BCUT2D eigenvalue weighted by Gasteiger charge is -2.27. The van der Waals surface area contributed by atoms with Gasteiger partial charge in [0.2, 0.25) is 0 Å². The summed E-state index contributed by atoms with van der Waals surface area (Å²) in [6.45, 7) is 4.27. The van der Waals surface area contributed by atoms with Gasteiger partial charge in [-0.05, 0) is 32.6 Å². The quantitative estimate of drug-likeness (QED) is 0.840. The van der Waals surface area contributed by atoms with Gasteiger partial charge in [0.1, 0.15) is 5.82 Å². The van der Waals surface area contributed by atoms with Crippen LogP contribution in [0.15, 0.2) is 0 Å². The molecule has 1 aromatic rings. The van der Waals surface area contributed by atoms with Crippen molar-refractivity contribution in [1.29, 1.82) is 0 Å². The second-order valence-electron chi connectivity index (χ2n) is 4.86. The summed E-state index contributed by atoms with van der Waals surface area (Å²) in [7, 11) is 4.04. The highest BCUT2D eigenvalue weighted by Crippen LogP contribution is 2.37. The molecule has 0 aromatic carbocycles. The topological polar surface area (TPSA) is 41.3 Å². The summed E-state index contributed by atoms with van der Waals surface area (Å²) in [6.07, 6.45) is 2.66. The highest BCUT2D eigenvalue weighted by molar-refractivity contribution is 5.50. The maximum Gasteiger partial charge on any atom is 0.132 e. The van der Waals surface area contributed by atoms with Crippen molar-refractivity contribution in [2.45, 2.75) is 39.3 Å². The summed E-state index contributed by atoms with van der Waals surface area (Å²) in [6, 6.07) is 0.528. The van der Waals surface area contributed by atoms with E-state index < -0.39 is 0 Å². The van der Waals surface area contributed by atoms with Crippen molar-refractivity contribution in [3.63, 3.8) is 0 Å². The molecule has 1 heterocycles. The Balaban J connectivity index is 2.30. The van der Waals surface area contributed by atoms with E-state index >= 15 is 0 Å². The largest absolute Gasteiger partial charge is 0.391 e. The second kappa shape index (κ2) is 4.09. The molecule has 1 N–H and O–H groups in total. The molecular weight excluding hydrogens is 202 g/mol. The Morgan fingerprint density at radius 1 is 1.56 bits per heavy atom. The first-order valence-corrected chi connectivity index (χ1v) is 5.92. The molecule has 0 amide bonds. The molecule has 0 saturated heterocycles. The number of aliphatic hydroxyl groups excluding tert-OH is 1. The third kappa shape index (κ3) is 1.82. The first-order valence-electron chi connectivity index (χ1n) is 5.92. The van der Waals surface area contributed by atoms with E-state index in [1.807, 2.05) is 18.7 Å². The first kappa shape index (κ1) is 11.5. The molecule has 90 valence electrons. The van der Waals surface area contributed by atoms with Gasteiger partial charge in [-0.15, -0.1) is 0 Å². The third-order valence-corrected chi connectivity index (χ3v) is 3.72. The number of aromatic nitrogens is 2. The minimum atomic E-state index is 0.0662. The zero-order valence-electron chi connectivity index (χ0n) is 10.6. The zero-order valence-corrected chi connectivity index (χ0v) is 10.6. The number of aryl methyl sites for hydroxylation is 2. The highest BCUT2D eigenvalue weighted by Gasteiger charge is 2.32. The Kier molecular flexibility index (Phi) is 2.93. The molecule has 1 aromatic heterocycles. The van der Waals surface area contributed by atoms with Crippen LogP contribution in [0.3, 0.4) is 0 Å². The van der Waals surface area contributed by atoms with Crippen LogP contribution in [0, 0.1) is 12.8 Å². The molecule has 1 aliphatic carbocycles. The van der Waals surface area contributed by atoms with E-state index in [2.05, 4.69) is 24.0 Å². The van der Waals surface area contributed by atoms with Crippen LogP contribution >= 0.6 is 0 Å². The van der Waals surface area contributed by atoms with E-state index in [0.717, 1.165) is 23.0 Å². The lowest BCUT2D eigenvalue weighted by Crippen LogP contribution is -2.32. The Bertz CT molecular complexity index is 382. The van der Waals surface area contributed by atoms with Crippen molar-refractivity contribution in [3.8, 4) is 0 Å². The average molecular weight is 223 g/mol. The van der Waals surface area contributed by atoms with E-state index in [4.69, 9.17) is 0 Å². The van der Waals surface area contributed by atoms with E-state index in [9.17, 15) is 5.11 Å². The molecule has 0 spiro atoms. The minimum absolute atomic E-state index is 0.0662. The third-order valence-electron chi connectivity index (χ3n) is 3.72. The summed E-state index contributed by atoms with van der Waals surface area (Å²) in [5, 5.41) is 13.8. The van der Waals surface area contributed by atoms with Gasteiger partial charge >= 0.3 is 0 Å². The summed E-state index contributed by atoms with van der Waals surface area (Å²) in [4.78, 5) is 2.25. The number of anilines is 1. The van der Waals surface area contributed by atoms with Crippen molar-refractivity contribution >= 4 is 5.82 Å². The summed E-state index contributed by atoms with van der Waals surface area (Å²) < 4.78 is 1.87. The second-order valence-corrected chi connectivity index (χ2v) is 4.86. The molecule has 1 unspecified atom stereocenters. The van der Waals surface area contributed by atoms with Crippen molar-refractivity contribution in [1.82, 2.24) is 9.78 Å². The molecule has 1 saturated carbocycles. The molecular formula is C12H21N3O. The average Bonchev–Trinajstić information content (AvgIpc) is 3.03. The monoisotopic (exact) mass is 223 g/mol. The molecule has 4 heteroatoms. The van der Waals surface area contributed by atoms with Gasteiger partial charge in [-0.3, -0.25) is 4.68 Å². The SMILES string of the molecule is Cc1nn(C)c(N(C)C(C)C2CC2)c1CO. The van der Waals surface area contributed by atoms with Crippen molar-refractivity contribution in [3.05, 3.63) is 11.3 Å². The van der Waals surface area contributed by atoms with E-state index in [-0.39, 0.29) is 6.61 Å². The summed E-state index contributed by atoms with van der Waals surface area (Å²) in [5.41, 5.74) is 1.88. The van der Waals surface area contributed by atoms with Crippen LogP contribution in [0.5, 0.6) is 0 Å². The standard InChI is InChI=1S/C12H21N3O/c1-8-11(7-16)12(15(4)13-8)14(3)9(2)10-5-6-10/h9-10,16H,5-7H2,1-4H3. The number of nitrogens with zero attached hydrogens (tertiary/aromatic N) is 3. The van der Waals surface area contributed by atoms with Crippen LogP contribution in [0.25, 0.3) is 0 Å². The Morgan fingerprint density at radius 2 is 2.19 bits per heavy atom. The normalized spacial score (nSPS) is 17.6. The van der Waals surface area contributed by atoms with Crippen LogP contribution < -0.4 is 4.90 Å². The number of rotatable bonds is 4. The molecule has 1 fully saturated rings. The van der Waals surface area contributed by atoms with Crippen LogP contribution in [0.2, 0.25) is 0 Å². The van der Waals surface area contributed by atoms with Gasteiger partial charge in [0.25, 0.3) is 0 Å². The molecule has 0 aliphatic heterocycles. The van der Waals surface area contributed by atoms with Gasteiger partial charge in [0.05, 0.1) is 12.3 Å². The maximum atomic E-state index is 9.42. The van der Waals surface area contributed by atoms with E-state index in [1.54, 1.807) is 0 Å². The lowest BCUT2D eigenvalue weighted by atomic mass is 10.1. The maximum absolute atomic E-state index is 9.42. The number of aliphatic hydroxyl groups is 1. The van der Waals surface area contributed by atoms with Crippen molar-refractivity contribution in [2.75, 3.05) is 11.9 Å². The lowest BCUT2D eigenvalue weighted by molar-refractivity contribution is 0.281. The van der Waals surface area contributed by atoms with Gasteiger partial charge in [0.15, 0.2) is 0 Å². The van der Waals surface area contributed by atoms with Crippen LogP contribution in [0.4, 0.5) is 5.82 Å². The summed E-state index contributed by atoms with van der Waals surface area (Å²) in [5.74, 6) is 1.87. The smallest absolute Gasteiger partial charge is 0.132 e. The molecule has 1 atom stereocenters. The molecule has 2 rings (SSSR count). The minimum Gasteiger partial charge on any atom is -0.391 e. The van der Waals surface area contributed by atoms with Gasteiger partial charge in [-0.1, -0.05) is 0 Å². The fraction of sp³-hybridized carbons (Fsp3) is 0.750. The number of hydrogen-bond acceptors (Lipinski definition) is 3. The van der Waals surface area contributed by atoms with Crippen LogP contribution in [0.1, 0.15) is 31.0 Å². The van der Waals surface area contributed by atoms with Crippen molar-refractivity contribution in [2.24, 2.45) is 13.0 Å². The van der Waals surface area contributed by atoms with Gasteiger partial charge in [-0.2, -0.15) is 5.10 Å². The van der Waals surface area contributed by atoms with Gasteiger partial charge < -0.3 is 10.0 Å². The van der Waals surface area contributed by atoms with E-state index in [1.165, 1.54) is 12.8 Å². The molecule has 16 heavy (non-hydrogen) atoms. The Morgan fingerprint density at radius 3 is 2.69 bits per heavy atom. The fourth-order valence-electron chi connectivity index (χ4n) is 2.40. The molecule has 4 nitrogen and oxygen atoms in total. The Hall–Kier alpha value is -1.03. The first-order chi connectivity index (χ1) is 7.56. The highest BCUT2D eigenvalue weighted by atomic mass is 16.3. The van der Waals surface area contributed by atoms with Gasteiger partial charge in [0, 0.05) is 25.7 Å². The van der Waals surface area contributed by atoms with Gasteiger partial charge in [-0.25, -0.2) is 0 Å². The van der Waals surface area contributed by atoms with E-state index in [0.29, 0.717) is 6.04 Å². The zero-order chi connectivity index (χ0) is 11.9. The fourth-order valence-corrected chi connectivity index (χ4v) is 2.40. The van der Waals surface area contributed by atoms with Crippen molar-refractivity contribution < 1.29 is 5.11 Å². The Labute approximate surface area is 96.9 Å². The molecule has 0 radical (unpaired) electrons. The summed E-state index contributed by atoms with van der Waals surface area (Å²) >= 11 is 0. The predicted molar refractivity (Wildman–Crippen MR) is 64.5 cm³/mol. The molecule has 0 bridgehead atoms. The molecule has 1 aliphatic rings. The number of hydrogen-bond donors (Lipinski definition) is 1. The predicted octanol–water partition coefficient (Wildman–Crippen LogP) is 1.46. The van der Waals surface area contributed by atoms with Crippen LogP contribution in [-0.2, 0) is 13.7 Å². The van der Waals surface area contributed by atoms with Crippen LogP contribution in [-0.4, -0.2) is 28.0 Å².